The normalized spacial score (nSPS) is 8.58. The molecule has 0 radical (unpaired) electrons. The van der Waals surface area contributed by atoms with Gasteiger partial charge in [-0.2, -0.15) is 5.26 Å². The number of hydrogen-bond donors (Lipinski definition) is 2. The lowest BCUT2D eigenvalue weighted by Gasteiger charge is -1.98. The number of pyridine rings is 1. The molecule has 0 saturated heterocycles. The molecule has 0 bridgehead atoms. The van der Waals surface area contributed by atoms with Gasteiger partial charge in [0.25, 0.3) is 0 Å². The van der Waals surface area contributed by atoms with Gasteiger partial charge in [0.15, 0.2) is 0 Å². The highest BCUT2D eigenvalue weighted by molar-refractivity contribution is 5.82. The van der Waals surface area contributed by atoms with Gasteiger partial charge in [-0.25, -0.2) is 9.78 Å². The summed E-state index contributed by atoms with van der Waals surface area (Å²) in [5.74, 6) is 0. The van der Waals surface area contributed by atoms with Gasteiger partial charge in [-0.15, -0.1) is 0 Å². The lowest BCUT2D eigenvalue weighted by molar-refractivity contribution is 0.210. The first-order valence-corrected chi connectivity index (χ1v) is 3.08. The van der Waals surface area contributed by atoms with E-state index in [9.17, 15) is 4.79 Å². The van der Waals surface area contributed by atoms with Crippen LogP contribution >= 0.6 is 0 Å². The Kier molecular flexibility index (Phi) is 2.23. The van der Waals surface area contributed by atoms with E-state index in [-0.39, 0.29) is 5.69 Å². The molecule has 0 aliphatic heterocycles. The molecule has 1 aromatic rings. The van der Waals surface area contributed by atoms with E-state index in [0.717, 1.165) is 0 Å². The summed E-state index contributed by atoms with van der Waals surface area (Å²) in [4.78, 5) is 13.8. The number of anilines is 1. The molecule has 0 saturated carbocycles. The Morgan fingerprint density at radius 3 is 3.08 bits per heavy atom. The van der Waals surface area contributed by atoms with Crippen LogP contribution in [0.4, 0.5) is 10.5 Å². The number of rotatable bonds is 1. The molecule has 1 heterocycles. The highest BCUT2D eigenvalue weighted by Crippen LogP contribution is 2.06. The van der Waals surface area contributed by atoms with Crippen LogP contribution in [0, 0.1) is 11.3 Å². The fraction of sp³-hybridized carbons (Fsp3) is 0. The van der Waals surface area contributed by atoms with Crippen LogP contribution in [0.15, 0.2) is 18.3 Å². The molecule has 0 fully saturated rings. The van der Waals surface area contributed by atoms with Gasteiger partial charge in [0, 0.05) is 11.9 Å². The van der Waals surface area contributed by atoms with E-state index in [1.807, 2.05) is 0 Å². The van der Waals surface area contributed by atoms with Crippen LogP contribution in [0.5, 0.6) is 0 Å². The summed E-state index contributed by atoms with van der Waals surface area (Å²) in [5.41, 5.74) is 0.523. The topological polar surface area (TPSA) is 86.0 Å². The number of hydrogen-bond acceptors (Lipinski definition) is 3. The molecule has 1 amide bonds. The summed E-state index contributed by atoms with van der Waals surface area (Å²) in [6, 6.07) is 4.62. The van der Waals surface area contributed by atoms with Crippen molar-refractivity contribution in [2.45, 2.75) is 0 Å². The van der Waals surface area contributed by atoms with E-state index in [4.69, 9.17) is 10.4 Å². The van der Waals surface area contributed by atoms with Crippen molar-refractivity contribution in [2.75, 3.05) is 5.32 Å². The number of amides is 1. The van der Waals surface area contributed by atoms with Crippen LogP contribution in [0.2, 0.25) is 0 Å². The van der Waals surface area contributed by atoms with E-state index < -0.39 is 6.09 Å². The summed E-state index contributed by atoms with van der Waals surface area (Å²) >= 11 is 0. The van der Waals surface area contributed by atoms with Crippen LogP contribution < -0.4 is 5.32 Å². The molecule has 0 atom stereocenters. The first-order chi connectivity index (χ1) is 5.72. The third kappa shape index (κ3) is 1.95. The number of nitrogens with one attached hydrogen (secondary N) is 1. The fourth-order valence-electron chi connectivity index (χ4n) is 0.693. The first-order valence-electron chi connectivity index (χ1n) is 3.08. The Bertz CT molecular complexity index is 343. The minimum Gasteiger partial charge on any atom is -0.465 e. The smallest absolute Gasteiger partial charge is 0.409 e. The maximum atomic E-state index is 10.2. The SMILES string of the molecule is N#Cc1cc(NC(=O)O)ccn1. The second-order valence-corrected chi connectivity index (χ2v) is 1.97. The van der Waals surface area contributed by atoms with Gasteiger partial charge in [-0.1, -0.05) is 0 Å². The van der Waals surface area contributed by atoms with Gasteiger partial charge in [0.05, 0.1) is 0 Å². The van der Waals surface area contributed by atoms with Crippen LogP contribution in [-0.2, 0) is 0 Å². The quantitative estimate of drug-likeness (QED) is 0.647. The molecule has 12 heavy (non-hydrogen) atoms. The molecule has 5 heteroatoms. The van der Waals surface area contributed by atoms with Crippen LogP contribution in [-0.4, -0.2) is 16.2 Å². The summed E-state index contributed by atoms with van der Waals surface area (Å²) in [7, 11) is 0. The average Bonchev–Trinajstić information content (AvgIpc) is 2.03. The molecule has 0 unspecified atom stereocenters. The second-order valence-electron chi connectivity index (χ2n) is 1.97. The lowest BCUT2D eigenvalue weighted by Crippen LogP contribution is -2.07. The highest BCUT2D eigenvalue weighted by atomic mass is 16.4. The highest BCUT2D eigenvalue weighted by Gasteiger charge is 1.98. The third-order valence-electron chi connectivity index (χ3n) is 1.13. The van der Waals surface area contributed by atoms with E-state index in [1.165, 1.54) is 18.3 Å². The molecule has 0 spiro atoms. The third-order valence-corrected chi connectivity index (χ3v) is 1.13. The molecule has 5 nitrogen and oxygen atoms in total. The summed E-state index contributed by atoms with van der Waals surface area (Å²) in [5, 5.41) is 18.8. The Balaban J connectivity index is 2.88. The van der Waals surface area contributed by atoms with Crippen molar-refractivity contribution in [1.29, 1.82) is 5.26 Å². The summed E-state index contributed by atoms with van der Waals surface area (Å²) < 4.78 is 0. The predicted molar refractivity (Wildman–Crippen MR) is 40.6 cm³/mol. The monoisotopic (exact) mass is 163 g/mol. The summed E-state index contributed by atoms with van der Waals surface area (Å²) in [6.07, 6.45) is 0.203. The van der Waals surface area contributed by atoms with E-state index in [0.29, 0.717) is 5.69 Å². The Hall–Kier alpha value is -2.09. The molecular weight excluding hydrogens is 158 g/mol. The second kappa shape index (κ2) is 3.34. The molecule has 0 aliphatic carbocycles. The molecule has 1 aromatic heterocycles. The number of aromatic nitrogens is 1. The van der Waals surface area contributed by atoms with Crippen LogP contribution in [0.25, 0.3) is 0 Å². The zero-order chi connectivity index (χ0) is 8.97. The van der Waals surface area contributed by atoms with Crippen molar-refractivity contribution in [3.05, 3.63) is 24.0 Å². The maximum absolute atomic E-state index is 10.2. The maximum Gasteiger partial charge on any atom is 0.409 e. The van der Waals surface area contributed by atoms with Gasteiger partial charge in [0.1, 0.15) is 11.8 Å². The predicted octanol–water partition coefficient (Wildman–Crippen LogP) is 1.04. The van der Waals surface area contributed by atoms with E-state index in [2.05, 4.69) is 10.3 Å². The molecule has 0 aromatic carbocycles. The van der Waals surface area contributed by atoms with Crippen LogP contribution in [0.1, 0.15) is 5.69 Å². The number of carbonyl (C=O) groups is 1. The fourth-order valence-corrected chi connectivity index (χ4v) is 0.693. The zero-order valence-corrected chi connectivity index (χ0v) is 5.98. The standard InChI is InChI=1S/C7H5N3O2/c8-4-6-3-5(1-2-9-6)10-7(11)12/h1-3H,(H,9,10)(H,11,12). The number of nitriles is 1. The minimum atomic E-state index is -1.16. The van der Waals surface area contributed by atoms with Gasteiger partial charge in [-0.3, -0.25) is 5.32 Å². The van der Waals surface area contributed by atoms with Gasteiger partial charge >= 0.3 is 6.09 Å². The first kappa shape index (κ1) is 8.01. The van der Waals surface area contributed by atoms with Gasteiger partial charge in [0.2, 0.25) is 0 Å². The van der Waals surface area contributed by atoms with Crippen molar-refractivity contribution in [3.8, 4) is 6.07 Å². The largest absolute Gasteiger partial charge is 0.465 e. The van der Waals surface area contributed by atoms with E-state index in [1.54, 1.807) is 6.07 Å². The molecular formula is C7H5N3O2. The molecule has 2 N–H and O–H groups in total. The zero-order valence-electron chi connectivity index (χ0n) is 5.98. The Morgan fingerprint density at radius 1 is 1.75 bits per heavy atom. The molecule has 60 valence electrons. The van der Waals surface area contributed by atoms with Crippen molar-refractivity contribution < 1.29 is 9.90 Å². The van der Waals surface area contributed by atoms with Crippen molar-refractivity contribution in [1.82, 2.24) is 4.98 Å². The Labute approximate surface area is 68.3 Å². The van der Waals surface area contributed by atoms with Crippen LogP contribution in [0.3, 0.4) is 0 Å². The Morgan fingerprint density at radius 2 is 2.50 bits per heavy atom. The average molecular weight is 163 g/mol. The lowest BCUT2D eigenvalue weighted by atomic mass is 10.3. The number of nitrogens with zero attached hydrogens (tertiary/aromatic N) is 2. The van der Waals surface area contributed by atoms with Crippen molar-refractivity contribution in [2.24, 2.45) is 0 Å². The minimum absolute atomic E-state index is 0.182. The van der Waals surface area contributed by atoms with E-state index >= 15 is 0 Å². The van der Waals surface area contributed by atoms with Gasteiger partial charge < -0.3 is 5.11 Å². The summed E-state index contributed by atoms with van der Waals surface area (Å²) in [6.45, 7) is 0. The van der Waals surface area contributed by atoms with Crippen molar-refractivity contribution in [3.63, 3.8) is 0 Å². The number of carboxylic acid groups (broad SMARTS) is 1. The molecule has 1 rings (SSSR count). The molecule has 0 aliphatic rings. The van der Waals surface area contributed by atoms with Crippen molar-refractivity contribution >= 4 is 11.8 Å². The van der Waals surface area contributed by atoms with Gasteiger partial charge in [-0.05, 0) is 12.1 Å².